The Bertz CT molecular complexity index is 922. The number of fused-ring (bicyclic) bond motifs is 1. The molecule has 7 nitrogen and oxygen atoms in total. The van der Waals surface area contributed by atoms with Gasteiger partial charge in [0.05, 0.1) is 11.1 Å². The zero-order valence-electron chi connectivity index (χ0n) is 14.7. The van der Waals surface area contributed by atoms with Crippen molar-refractivity contribution in [2.75, 3.05) is 18.0 Å². The first kappa shape index (κ1) is 17.0. The van der Waals surface area contributed by atoms with Crippen LogP contribution in [0, 0.1) is 0 Å². The van der Waals surface area contributed by atoms with E-state index in [1.165, 1.54) is 4.90 Å². The van der Waals surface area contributed by atoms with Gasteiger partial charge < -0.3 is 0 Å². The fraction of sp³-hybridized carbons (Fsp3) is 0.200. The quantitative estimate of drug-likeness (QED) is 0.616. The van der Waals surface area contributed by atoms with Gasteiger partial charge in [-0.1, -0.05) is 30.3 Å². The molecule has 0 saturated carbocycles. The van der Waals surface area contributed by atoms with Crippen molar-refractivity contribution >= 4 is 29.4 Å². The van der Waals surface area contributed by atoms with Gasteiger partial charge in [0.1, 0.15) is 6.04 Å². The molecule has 0 unspecified atom stereocenters. The molecule has 2 aromatic carbocycles. The maximum Gasteiger partial charge on any atom is 0.332 e. The third-order valence-electron chi connectivity index (χ3n) is 4.91. The van der Waals surface area contributed by atoms with E-state index in [4.69, 9.17) is 0 Å². The first-order chi connectivity index (χ1) is 13.0. The number of nitrogens with zero attached hydrogens (tertiary/aromatic N) is 3. The highest BCUT2D eigenvalue weighted by molar-refractivity contribution is 6.21. The zero-order valence-corrected chi connectivity index (χ0v) is 14.7. The average Bonchev–Trinajstić information content (AvgIpc) is 3.06. The molecule has 0 aromatic heterocycles. The summed E-state index contributed by atoms with van der Waals surface area (Å²) in [6.07, 6.45) is 0. The fourth-order valence-electron chi connectivity index (χ4n) is 3.50. The largest absolute Gasteiger partial charge is 0.332 e. The Balaban J connectivity index is 1.51. The van der Waals surface area contributed by atoms with E-state index < -0.39 is 23.9 Å². The van der Waals surface area contributed by atoms with Crippen LogP contribution < -0.4 is 4.90 Å². The predicted octanol–water partition coefficient (Wildman–Crippen LogP) is 2.14. The van der Waals surface area contributed by atoms with Crippen LogP contribution in [-0.2, 0) is 4.79 Å². The van der Waals surface area contributed by atoms with Gasteiger partial charge >= 0.3 is 6.03 Å². The number of carbonyl (C=O) groups is 4. The number of amides is 5. The van der Waals surface area contributed by atoms with Gasteiger partial charge in [-0.25, -0.2) is 4.79 Å². The van der Waals surface area contributed by atoms with Gasteiger partial charge in [-0.05, 0) is 31.2 Å². The van der Waals surface area contributed by atoms with E-state index in [0.717, 1.165) is 9.80 Å². The van der Waals surface area contributed by atoms with E-state index in [1.807, 2.05) is 6.07 Å². The van der Waals surface area contributed by atoms with Crippen LogP contribution in [0.2, 0.25) is 0 Å². The lowest BCUT2D eigenvalue weighted by molar-refractivity contribution is -0.127. The van der Waals surface area contributed by atoms with Gasteiger partial charge in [-0.15, -0.1) is 0 Å². The molecule has 1 atom stereocenters. The van der Waals surface area contributed by atoms with Crippen LogP contribution in [0.3, 0.4) is 0 Å². The summed E-state index contributed by atoms with van der Waals surface area (Å²) in [4.78, 5) is 53.8. The molecule has 0 radical (unpaired) electrons. The van der Waals surface area contributed by atoms with Crippen molar-refractivity contribution in [2.24, 2.45) is 0 Å². The normalized spacial score (nSPS) is 19.3. The third-order valence-corrected chi connectivity index (χ3v) is 4.91. The maximum atomic E-state index is 12.8. The second-order valence-corrected chi connectivity index (χ2v) is 6.46. The molecule has 7 heteroatoms. The number of benzene rings is 2. The van der Waals surface area contributed by atoms with Crippen molar-refractivity contribution in [3.05, 3.63) is 65.7 Å². The average molecular weight is 363 g/mol. The summed E-state index contributed by atoms with van der Waals surface area (Å²) in [7, 11) is 0. The number of para-hydroxylation sites is 1. The molecular formula is C20H17N3O4. The first-order valence-electron chi connectivity index (χ1n) is 8.65. The van der Waals surface area contributed by atoms with Crippen LogP contribution in [0.1, 0.15) is 27.6 Å². The molecule has 0 N–H and O–H groups in total. The Morgan fingerprint density at radius 1 is 0.741 bits per heavy atom. The highest BCUT2D eigenvalue weighted by Gasteiger charge is 2.44. The minimum absolute atomic E-state index is 0.0286. The Labute approximate surface area is 155 Å². The molecule has 0 spiro atoms. The molecular weight excluding hydrogens is 346 g/mol. The van der Waals surface area contributed by atoms with Crippen molar-refractivity contribution < 1.29 is 19.2 Å². The molecule has 5 amide bonds. The Morgan fingerprint density at radius 2 is 1.26 bits per heavy atom. The number of hydrogen-bond donors (Lipinski definition) is 0. The van der Waals surface area contributed by atoms with Crippen LogP contribution in [-0.4, -0.2) is 52.7 Å². The van der Waals surface area contributed by atoms with E-state index in [-0.39, 0.29) is 19.0 Å². The number of hydrogen-bond acceptors (Lipinski definition) is 4. The Morgan fingerprint density at radius 3 is 1.85 bits per heavy atom. The molecule has 2 aromatic rings. The number of urea groups is 1. The van der Waals surface area contributed by atoms with E-state index in [1.54, 1.807) is 55.5 Å². The predicted molar refractivity (Wildman–Crippen MR) is 97.3 cm³/mol. The first-order valence-corrected chi connectivity index (χ1v) is 8.65. The smallest absolute Gasteiger partial charge is 0.282 e. The highest BCUT2D eigenvalue weighted by Crippen LogP contribution is 2.26. The monoisotopic (exact) mass is 363 g/mol. The molecule has 1 saturated heterocycles. The molecule has 2 aliphatic rings. The minimum Gasteiger partial charge on any atom is -0.282 e. The standard InChI is InChI=1S/C20H17N3O4/c1-13-17(24)22(20(27)23(13)14-7-3-2-4-8-14)12-11-21-18(25)15-9-5-6-10-16(15)19(21)26/h2-10,13H,11-12H2,1H3/t13-/m0/s1. The summed E-state index contributed by atoms with van der Waals surface area (Å²) < 4.78 is 0. The number of rotatable bonds is 4. The van der Waals surface area contributed by atoms with E-state index in [9.17, 15) is 19.2 Å². The maximum absolute atomic E-state index is 12.8. The SMILES string of the molecule is C[C@H]1C(=O)N(CCN2C(=O)c3ccccc3C2=O)C(=O)N1c1ccccc1. The van der Waals surface area contributed by atoms with E-state index in [2.05, 4.69) is 0 Å². The lowest BCUT2D eigenvalue weighted by Gasteiger charge is -2.20. The molecule has 2 aliphatic heterocycles. The molecule has 2 heterocycles. The van der Waals surface area contributed by atoms with Gasteiger partial charge in [0.2, 0.25) is 0 Å². The number of anilines is 1. The van der Waals surface area contributed by atoms with Crippen molar-refractivity contribution in [1.82, 2.24) is 9.80 Å². The number of imide groups is 2. The Kier molecular flexibility index (Phi) is 3.99. The van der Waals surface area contributed by atoms with E-state index >= 15 is 0 Å². The second-order valence-electron chi connectivity index (χ2n) is 6.46. The summed E-state index contributed by atoms with van der Waals surface area (Å²) in [6.45, 7) is 1.60. The molecule has 27 heavy (non-hydrogen) atoms. The van der Waals surface area contributed by atoms with Gasteiger partial charge in [0.15, 0.2) is 0 Å². The zero-order chi connectivity index (χ0) is 19.1. The topological polar surface area (TPSA) is 78.0 Å². The summed E-state index contributed by atoms with van der Waals surface area (Å²) in [6, 6.07) is 14.4. The lowest BCUT2D eigenvalue weighted by Crippen LogP contribution is -2.41. The molecule has 136 valence electrons. The van der Waals surface area contributed by atoms with Gasteiger partial charge in [0, 0.05) is 18.8 Å². The summed E-state index contributed by atoms with van der Waals surface area (Å²) in [5.41, 5.74) is 1.33. The fourth-order valence-corrected chi connectivity index (χ4v) is 3.50. The van der Waals surface area contributed by atoms with Crippen LogP contribution in [0.15, 0.2) is 54.6 Å². The lowest BCUT2D eigenvalue weighted by atomic mass is 10.1. The van der Waals surface area contributed by atoms with Crippen molar-refractivity contribution in [1.29, 1.82) is 0 Å². The number of carbonyl (C=O) groups excluding carboxylic acids is 4. The summed E-state index contributed by atoms with van der Waals surface area (Å²) >= 11 is 0. The molecule has 1 fully saturated rings. The Hall–Kier alpha value is -3.48. The van der Waals surface area contributed by atoms with Gasteiger partial charge in [-0.3, -0.25) is 29.1 Å². The van der Waals surface area contributed by atoms with Crippen molar-refractivity contribution in [2.45, 2.75) is 13.0 Å². The molecule has 4 rings (SSSR count). The minimum atomic E-state index is -0.637. The van der Waals surface area contributed by atoms with Crippen LogP contribution in [0.25, 0.3) is 0 Å². The highest BCUT2D eigenvalue weighted by atomic mass is 16.2. The third kappa shape index (κ3) is 2.59. The summed E-state index contributed by atoms with van der Waals surface area (Å²) in [5, 5.41) is 0. The van der Waals surface area contributed by atoms with Crippen LogP contribution in [0.5, 0.6) is 0 Å². The van der Waals surface area contributed by atoms with E-state index in [0.29, 0.717) is 16.8 Å². The molecule has 0 bridgehead atoms. The summed E-state index contributed by atoms with van der Waals surface area (Å²) in [5.74, 6) is -1.15. The van der Waals surface area contributed by atoms with Gasteiger partial charge in [-0.2, -0.15) is 0 Å². The van der Waals surface area contributed by atoms with Crippen molar-refractivity contribution in [3.63, 3.8) is 0 Å². The molecule has 0 aliphatic carbocycles. The van der Waals surface area contributed by atoms with Gasteiger partial charge in [0.25, 0.3) is 17.7 Å². The van der Waals surface area contributed by atoms with Crippen LogP contribution in [0.4, 0.5) is 10.5 Å². The second kappa shape index (κ2) is 6.35. The van der Waals surface area contributed by atoms with Crippen LogP contribution >= 0.6 is 0 Å². The van der Waals surface area contributed by atoms with Crippen molar-refractivity contribution in [3.8, 4) is 0 Å².